The highest BCUT2D eigenvalue weighted by atomic mass is 32.1. The van der Waals surface area contributed by atoms with Gasteiger partial charge in [-0.25, -0.2) is 10.0 Å². The molecule has 5 N–H and O–H groups in total. The number of carbonyl (C=O) groups excluding carboxylic acids is 4. The van der Waals surface area contributed by atoms with Gasteiger partial charge in [-0.1, -0.05) is 57.9 Å². The van der Waals surface area contributed by atoms with E-state index in [0.717, 1.165) is 36.3 Å². The van der Waals surface area contributed by atoms with Crippen molar-refractivity contribution in [1.82, 2.24) is 25.6 Å². The molecule has 0 spiro atoms. The summed E-state index contributed by atoms with van der Waals surface area (Å²) in [5.41, 5.74) is 7.86. The van der Waals surface area contributed by atoms with Crippen LogP contribution in [0.3, 0.4) is 0 Å². The van der Waals surface area contributed by atoms with Gasteiger partial charge in [0.25, 0.3) is 11.8 Å². The number of nitrogen functional groups attached to an aromatic ring is 1. The van der Waals surface area contributed by atoms with Gasteiger partial charge in [0.2, 0.25) is 5.91 Å². The molecular weight excluding hydrogens is 749 g/mol. The van der Waals surface area contributed by atoms with E-state index in [4.69, 9.17) is 21.7 Å². The number of piperidine rings is 1. The summed E-state index contributed by atoms with van der Waals surface area (Å²) in [4.78, 5) is 78.9. The molecule has 0 radical (unpaired) electrons. The molecule has 1 fully saturated rings. The number of hydrogen-bond acceptors (Lipinski definition) is 11. The molecule has 312 valence electrons. The summed E-state index contributed by atoms with van der Waals surface area (Å²) in [6.45, 7) is 13.5. The molecule has 1 aromatic heterocycles. The number of nitrogens with zero attached hydrogens (tertiary/aromatic N) is 3. The minimum absolute atomic E-state index is 0.0210. The molecule has 57 heavy (non-hydrogen) atoms. The van der Waals surface area contributed by atoms with Gasteiger partial charge in [-0.3, -0.25) is 33.7 Å². The third kappa shape index (κ3) is 14.3. The average Bonchev–Trinajstić information content (AvgIpc) is 3.67. The third-order valence-electron chi connectivity index (χ3n) is 10.2. The van der Waals surface area contributed by atoms with Crippen molar-refractivity contribution in [3.05, 3.63) is 58.1 Å². The first kappa shape index (κ1) is 46.6. The molecular formula is C42H60N6O8S. The minimum Gasteiger partial charge on any atom is -0.481 e. The number of terminal acetylenes is 1. The van der Waals surface area contributed by atoms with Crippen molar-refractivity contribution in [2.24, 2.45) is 11.8 Å². The summed E-state index contributed by atoms with van der Waals surface area (Å²) < 4.78 is 5.78. The minimum atomic E-state index is -1.02. The zero-order valence-corrected chi connectivity index (χ0v) is 34.9. The quantitative estimate of drug-likeness (QED) is 0.0301. The van der Waals surface area contributed by atoms with Crippen LogP contribution in [0.1, 0.15) is 113 Å². The van der Waals surface area contributed by atoms with E-state index in [1.165, 1.54) is 17.4 Å². The zero-order chi connectivity index (χ0) is 42.2. The topological polar surface area (TPSA) is 193 Å². The maximum absolute atomic E-state index is 14.6. The number of benzene rings is 1. The number of thiazole rings is 1. The van der Waals surface area contributed by atoms with Gasteiger partial charge in [0.15, 0.2) is 6.10 Å². The number of likely N-dealkylation sites (N-methyl/N-ethyl adjacent to an activating group) is 1. The lowest BCUT2D eigenvalue weighted by atomic mass is 9.95. The SMILES string of the molecule is C#CCCCON(C(=O)[C@@H](NC(=O)[C@H]1CCCCN1C)[C@@H](C)CC)[C@H](C[C@@H](OC(C)=O)c1nc(C(=O)N[C@@H](Cc2ccc(N)cc2)C[C@H](C)C(=O)O)cs1)C(=C)C. The van der Waals surface area contributed by atoms with E-state index in [9.17, 15) is 29.1 Å². The lowest BCUT2D eigenvalue weighted by Crippen LogP contribution is -2.58. The number of hydroxylamine groups is 2. The average molecular weight is 809 g/mol. The van der Waals surface area contributed by atoms with Crippen molar-refractivity contribution in [2.45, 2.75) is 123 Å². The fourth-order valence-electron chi connectivity index (χ4n) is 6.68. The Morgan fingerprint density at radius 1 is 1.14 bits per heavy atom. The van der Waals surface area contributed by atoms with E-state index < -0.39 is 53.9 Å². The van der Waals surface area contributed by atoms with Gasteiger partial charge in [-0.05, 0) is 76.2 Å². The van der Waals surface area contributed by atoms with Gasteiger partial charge in [-0.2, -0.15) is 0 Å². The molecule has 14 nitrogen and oxygen atoms in total. The van der Waals surface area contributed by atoms with Gasteiger partial charge in [0.1, 0.15) is 16.7 Å². The van der Waals surface area contributed by atoms with E-state index >= 15 is 0 Å². The smallest absolute Gasteiger partial charge is 0.306 e. The highest BCUT2D eigenvalue weighted by molar-refractivity contribution is 7.09. The number of carboxylic acids is 1. The second-order valence-corrected chi connectivity index (χ2v) is 15.9. The van der Waals surface area contributed by atoms with Crippen LogP contribution in [0, 0.1) is 24.2 Å². The summed E-state index contributed by atoms with van der Waals surface area (Å²) in [6.07, 6.45) is 9.04. The number of rotatable bonds is 22. The Balaban J connectivity index is 1.93. The Morgan fingerprint density at radius 2 is 1.84 bits per heavy atom. The second kappa shape index (κ2) is 22.8. The number of hydrogen-bond donors (Lipinski definition) is 4. The monoisotopic (exact) mass is 808 g/mol. The van der Waals surface area contributed by atoms with Crippen LogP contribution in [0.15, 0.2) is 41.8 Å². The van der Waals surface area contributed by atoms with Crippen LogP contribution >= 0.6 is 11.3 Å². The van der Waals surface area contributed by atoms with Crippen molar-refractivity contribution in [2.75, 3.05) is 25.9 Å². The van der Waals surface area contributed by atoms with Crippen molar-refractivity contribution in [3.63, 3.8) is 0 Å². The molecule has 7 atom stereocenters. The summed E-state index contributed by atoms with van der Waals surface area (Å²) in [5, 5.41) is 18.6. The number of nitrogens with two attached hydrogens (primary N) is 1. The number of ether oxygens (including phenoxy) is 1. The highest BCUT2D eigenvalue weighted by Gasteiger charge is 2.39. The number of nitrogens with one attached hydrogen (secondary N) is 2. The Labute approximate surface area is 340 Å². The maximum atomic E-state index is 14.6. The Bertz CT molecular complexity index is 1720. The molecule has 1 aliphatic heterocycles. The normalized spacial score (nSPS) is 17.5. The van der Waals surface area contributed by atoms with E-state index in [1.54, 1.807) is 26.0 Å². The molecule has 1 aromatic carbocycles. The Hall–Kier alpha value is -4.78. The van der Waals surface area contributed by atoms with Crippen LogP contribution in [0.4, 0.5) is 5.69 Å². The second-order valence-electron chi connectivity index (χ2n) is 15.0. The molecule has 0 saturated carbocycles. The summed E-state index contributed by atoms with van der Waals surface area (Å²) in [5.74, 6) is -1.25. The zero-order valence-electron chi connectivity index (χ0n) is 34.1. The first-order valence-corrected chi connectivity index (χ1v) is 20.5. The number of amides is 3. The molecule has 3 amide bonds. The number of carboxylic acid groups (broad SMARTS) is 1. The molecule has 0 aliphatic carbocycles. The molecule has 2 aromatic rings. The van der Waals surface area contributed by atoms with Gasteiger partial charge < -0.3 is 26.2 Å². The molecule has 2 heterocycles. The number of unbranched alkanes of at least 4 members (excludes halogenated alkanes) is 1. The lowest BCUT2D eigenvalue weighted by molar-refractivity contribution is -0.203. The predicted octanol–water partition coefficient (Wildman–Crippen LogP) is 5.31. The Kier molecular flexibility index (Phi) is 18.7. The molecule has 1 aliphatic rings. The number of anilines is 1. The highest BCUT2D eigenvalue weighted by Crippen LogP contribution is 2.32. The molecule has 0 unspecified atom stereocenters. The van der Waals surface area contributed by atoms with Crippen molar-refractivity contribution < 1.29 is 38.7 Å². The van der Waals surface area contributed by atoms with Crippen LogP contribution in [-0.4, -0.2) is 94.1 Å². The summed E-state index contributed by atoms with van der Waals surface area (Å²) in [7, 11) is 1.91. The van der Waals surface area contributed by atoms with Gasteiger partial charge >= 0.3 is 11.9 Å². The van der Waals surface area contributed by atoms with Gasteiger partial charge in [0, 0.05) is 36.9 Å². The van der Waals surface area contributed by atoms with Crippen molar-refractivity contribution in [1.29, 1.82) is 0 Å². The number of likely N-dealkylation sites (tertiary alicyclic amines) is 1. The maximum Gasteiger partial charge on any atom is 0.306 e. The van der Waals surface area contributed by atoms with Crippen LogP contribution in [0.2, 0.25) is 0 Å². The first-order valence-electron chi connectivity index (χ1n) is 19.6. The van der Waals surface area contributed by atoms with E-state index in [1.807, 2.05) is 37.9 Å². The van der Waals surface area contributed by atoms with Crippen molar-refractivity contribution >= 4 is 46.7 Å². The molecule has 15 heteroatoms. The van der Waals surface area contributed by atoms with Crippen LogP contribution < -0.4 is 16.4 Å². The predicted molar refractivity (Wildman–Crippen MR) is 220 cm³/mol. The first-order chi connectivity index (χ1) is 27.1. The van der Waals surface area contributed by atoms with Crippen LogP contribution in [-0.2, 0) is 35.2 Å². The van der Waals surface area contributed by atoms with Gasteiger partial charge in [-0.15, -0.1) is 23.7 Å². The number of carbonyl (C=O) groups is 5. The Morgan fingerprint density at radius 3 is 2.44 bits per heavy atom. The third-order valence-corrected chi connectivity index (χ3v) is 11.2. The standard InChI is InChI=1S/C42H60N6O8S/c1-9-11-14-21-55-48(41(52)37(27(5)10-2)46-39(51)34-15-12-13-20-47(34)8)35(26(3)4)24-36(56-29(7)49)40-45-33(25-57-40)38(50)44-32(22-28(6)42(53)54)23-30-16-18-31(43)19-17-30/h1,16-19,25,27-28,32,34-37H,3,10-15,20-24,43H2,2,4-8H3,(H,44,50)(H,46,51)(H,53,54)/t27-,28-,32+,34+,35+,36+,37-/m0/s1. The lowest BCUT2D eigenvalue weighted by Gasteiger charge is -2.38. The van der Waals surface area contributed by atoms with Crippen LogP contribution in [0.25, 0.3) is 0 Å². The van der Waals surface area contributed by atoms with Crippen molar-refractivity contribution in [3.8, 4) is 12.3 Å². The number of aromatic nitrogens is 1. The number of esters is 1. The molecule has 0 bridgehead atoms. The van der Waals surface area contributed by atoms with Crippen LogP contribution in [0.5, 0.6) is 0 Å². The molecule has 3 rings (SSSR count). The number of aliphatic carboxylic acids is 1. The fourth-order valence-corrected chi connectivity index (χ4v) is 7.52. The fraction of sp³-hybridized carbons (Fsp3) is 0.571. The van der Waals surface area contributed by atoms with E-state index in [2.05, 4.69) is 28.1 Å². The largest absolute Gasteiger partial charge is 0.481 e. The molecule has 1 saturated heterocycles. The van der Waals surface area contributed by atoms with E-state index in [-0.39, 0.29) is 43.0 Å². The van der Waals surface area contributed by atoms with E-state index in [0.29, 0.717) is 48.4 Å². The summed E-state index contributed by atoms with van der Waals surface area (Å²) in [6, 6.07) is 4.44. The summed E-state index contributed by atoms with van der Waals surface area (Å²) >= 11 is 1.10. The van der Waals surface area contributed by atoms with Gasteiger partial charge in [0.05, 0.1) is 24.6 Å².